The van der Waals surface area contributed by atoms with E-state index in [-0.39, 0.29) is 0 Å². The van der Waals surface area contributed by atoms with Crippen molar-refractivity contribution in [1.82, 2.24) is 5.32 Å². The summed E-state index contributed by atoms with van der Waals surface area (Å²) in [5.74, 6) is 1.50. The van der Waals surface area contributed by atoms with Crippen LogP contribution in [-0.2, 0) is 9.84 Å². The van der Waals surface area contributed by atoms with E-state index in [1.165, 1.54) is 25.7 Å². The number of sulfone groups is 1. The third-order valence-corrected chi connectivity index (χ3v) is 5.86. The van der Waals surface area contributed by atoms with Gasteiger partial charge in [-0.1, -0.05) is 26.7 Å². The summed E-state index contributed by atoms with van der Waals surface area (Å²) in [4.78, 5) is 0. The summed E-state index contributed by atoms with van der Waals surface area (Å²) in [6, 6.07) is 0.536. The Morgan fingerprint density at radius 3 is 2.39 bits per heavy atom. The summed E-state index contributed by atoms with van der Waals surface area (Å²) in [6.07, 6.45) is 7.90. The first kappa shape index (κ1) is 16.0. The van der Waals surface area contributed by atoms with Crippen molar-refractivity contribution in [3.8, 4) is 0 Å². The van der Waals surface area contributed by atoms with Crippen LogP contribution in [0.4, 0.5) is 0 Å². The fraction of sp³-hybridized carbons (Fsp3) is 1.00. The molecule has 0 aliphatic heterocycles. The third kappa shape index (κ3) is 5.70. The van der Waals surface area contributed by atoms with Crippen molar-refractivity contribution >= 4 is 9.84 Å². The van der Waals surface area contributed by atoms with Crippen LogP contribution >= 0.6 is 0 Å². The maximum Gasteiger partial charge on any atom is 0.150 e. The van der Waals surface area contributed by atoms with Gasteiger partial charge in [-0.2, -0.15) is 0 Å². The molecule has 108 valence electrons. The van der Waals surface area contributed by atoms with E-state index in [1.54, 1.807) is 0 Å². The molecule has 18 heavy (non-hydrogen) atoms. The summed E-state index contributed by atoms with van der Waals surface area (Å²) in [7, 11) is -2.79. The lowest BCUT2D eigenvalue weighted by Gasteiger charge is -2.24. The van der Waals surface area contributed by atoms with E-state index in [1.807, 2.05) is 6.92 Å². The van der Waals surface area contributed by atoms with Crippen molar-refractivity contribution < 1.29 is 8.42 Å². The molecule has 0 bridgehead atoms. The second kappa shape index (κ2) is 8.16. The molecule has 0 aromatic rings. The summed E-state index contributed by atoms with van der Waals surface area (Å²) in [6.45, 7) is 5.05. The van der Waals surface area contributed by atoms with Crippen LogP contribution in [0.5, 0.6) is 0 Å². The molecule has 0 aromatic heterocycles. The monoisotopic (exact) mass is 275 g/mol. The summed E-state index contributed by atoms with van der Waals surface area (Å²) in [5, 5.41) is 3.55. The predicted octanol–water partition coefficient (Wildman–Crippen LogP) is 2.76. The quantitative estimate of drug-likeness (QED) is 0.704. The minimum Gasteiger partial charge on any atom is -0.314 e. The number of nitrogens with one attached hydrogen (secondary N) is 1. The molecule has 1 saturated carbocycles. The van der Waals surface area contributed by atoms with Crippen molar-refractivity contribution in [2.45, 2.75) is 64.8 Å². The van der Waals surface area contributed by atoms with Gasteiger partial charge in [0.05, 0.1) is 5.75 Å². The Bertz CT molecular complexity index is 308. The van der Waals surface area contributed by atoms with Gasteiger partial charge in [0, 0.05) is 11.8 Å². The SMILES string of the molecule is CCCS(=O)(=O)CCCC(NCC)C1CCCC1. The molecule has 0 amide bonds. The Morgan fingerprint density at radius 2 is 1.83 bits per heavy atom. The van der Waals surface area contributed by atoms with Crippen LogP contribution in [0.15, 0.2) is 0 Å². The first-order valence-corrected chi connectivity index (χ1v) is 9.35. The Labute approximate surface area is 113 Å². The Morgan fingerprint density at radius 1 is 1.17 bits per heavy atom. The predicted molar refractivity (Wildman–Crippen MR) is 77.6 cm³/mol. The van der Waals surface area contributed by atoms with Gasteiger partial charge in [0.15, 0.2) is 0 Å². The van der Waals surface area contributed by atoms with Gasteiger partial charge in [-0.3, -0.25) is 0 Å². The van der Waals surface area contributed by atoms with Crippen molar-refractivity contribution in [2.24, 2.45) is 5.92 Å². The molecule has 0 spiro atoms. The van der Waals surface area contributed by atoms with Crippen molar-refractivity contribution in [3.63, 3.8) is 0 Å². The van der Waals surface area contributed by atoms with Crippen LogP contribution in [0.1, 0.15) is 58.8 Å². The molecule has 0 radical (unpaired) electrons. The van der Waals surface area contributed by atoms with E-state index in [9.17, 15) is 8.42 Å². The average molecular weight is 275 g/mol. The van der Waals surface area contributed by atoms with E-state index in [4.69, 9.17) is 0 Å². The zero-order valence-corrected chi connectivity index (χ0v) is 12.8. The fourth-order valence-electron chi connectivity index (χ4n) is 3.06. The molecule has 4 heteroatoms. The van der Waals surface area contributed by atoms with E-state index >= 15 is 0 Å². The molecule has 1 rings (SSSR count). The van der Waals surface area contributed by atoms with Gasteiger partial charge in [0.1, 0.15) is 9.84 Å². The second-order valence-electron chi connectivity index (χ2n) is 5.50. The van der Waals surface area contributed by atoms with E-state index < -0.39 is 9.84 Å². The Balaban J connectivity index is 2.33. The second-order valence-corrected chi connectivity index (χ2v) is 7.81. The highest BCUT2D eigenvalue weighted by Gasteiger charge is 2.24. The van der Waals surface area contributed by atoms with Gasteiger partial charge in [-0.15, -0.1) is 0 Å². The topological polar surface area (TPSA) is 46.2 Å². The van der Waals surface area contributed by atoms with Crippen LogP contribution in [0.3, 0.4) is 0 Å². The highest BCUT2D eigenvalue weighted by Crippen LogP contribution is 2.29. The molecule has 1 fully saturated rings. The Kier molecular flexibility index (Phi) is 7.23. The highest BCUT2D eigenvalue weighted by molar-refractivity contribution is 7.91. The van der Waals surface area contributed by atoms with Crippen LogP contribution in [-0.4, -0.2) is 32.5 Å². The van der Waals surface area contributed by atoms with Crippen molar-refractivity contribution in [3.05, 3.63) is 0 Å². The van der Waals surface area contributed by atoms with E-state index in [0.717, 1.165) is 31.7 Å². The third-order valence-electron chi connectivity index (χ3n) is 3.92. The molecular weight excluding hydrogens is 246 g/mol. The minimum absolute atomic E-state index is 0.350. The lowest BCUT2D eigenvalue weighted by Crippen LogP contribution is -2.35. The molecule has 1 aliphatic carbocycles. The van der Waals surface area contributed by atoms with Gasteiger partial charge >= 0.3 is 0 Å². The van der Waals surface area contributed by atoms with Crippen LogP contribution in [0.25, 0.3) is 0 Å². The molecular formula is C14H29NO2S. The average Bonchev–Trinajstić information content (AvgIpc) is 2.81. The van der Waals surface area contributed by atoms with Crippen LogP contribution in [0, 0.1) is 5.92 Å². The van der Waals surface area contributed by atoms with E-state index in [0.29, 0.717) is 17.5 Å². The first-order valence-electron chi connectivity index (χ1n) is 7.53. The summed E-state index contributed by atoms with van der Waals surface area (Å²) >= 11 is 0. The number of rotatable bonds is 9. The van der Waals surface area contributed by atoms with Crippen LogP contribution < -0.4 is 5.32 Å². The van der Waals surface area contributed by atoms with Gasteiger partial charge in [-0.25, -0.2) is 8.42 Å². The lowest BCUT2D eigenvalue weighted by molar-refractivity contribution is 0.343. The lowest BCUT2D eigenvalue weighted by atomic mass is 9.94. The number of hydrogen-bond donors (Lipinski definition) is 1. The first-order chi connectivity index (χ1) is 8.59. The summed E-state index contributed by atoms with van der Waals surface area (Å²) in [5.41, 5.74) is 0. The molecule has 3 nitrogen and oxygen atoms in total. The molecule has 1 N–H and O–H groups in total. The fourth-order valence-corrected chi connectivity index (χ4v) is 4.50. The van der Waals surface area contributed by atoms with Gasteiger partial charge < -0.3 is 5.32 Å². The largest absolute Gasteiger partial charge is 0.314 e. The maximum atomic E-state index is 11.7. The van der Waals surface area contributed by atoms with E-state index in [2.05, 4.69) is 12.2 Å². The number of hydrogen-bond acceptors (Lipinski definition) is 3. The van der Waals surface area contributed by atoms with Gasteiger partial charge in [0.2, 0.25) is 0 Å². The summed E-state index contributed by atoms with van der Waals surface area (Å²) < 4.78 is 23.3. The highest BCUT2D eigenvalue weighted by atomic mass is 32.2. The Hall–Kier alpha value is -0.0900. The molecule has 0 heterocycles. The zero-order valence-electron chi connectivity index (χ0n) is 12.0. The molecule has 0 saturated heterocycles. The van der Waals surface area contributed by atoms with Crippen molar-refractivity contribution in [2.75, 3.05) is 18.1 Å². The molecule has 1 aliphatic rings. The maximum absolute atomic E-state index is 11.7. The van der Waals surface area contributed by atoms with Gasteiger partial charge in [-0.05, 0) is 44.6 Å². The van der Waals surface area contributed by atoms with Crippen molar-refractivity contribution in [1.29, 1.82) is 0 Å². The minimum atomic E-state index is -2.79. The van der Waals surface area contributed by atoms with Crippen LogP contribution in [0.2, 0.25) is 0 Å². The standard InChI is InChI=1S/C14H29NO2S/c1-3-11-18(16,17)12-7-10-14(15-4-2)13-8-5-6-9-13/h13-15H,3-12H2,1-2H3. The molecule has 0 aromatic carbocycles. The zero-order chi connectivity index (χ0) is 13.4. The van der Waals surface area contributed by atoms with Gasteiger partial charge in [0.25, 0.3) is 0 Å². The molecule has 1 atom stereocenters. The smallest absolute Gasteiger partial charge is 0.150 e. The normalized spacial score (nSPS) is 19.2. The molecule has 1 unspecified atom stereocenters.